The van der Waals surface area contributed by atoms with E-state index in [4.69, 9.17) is 4.52 Å². The Morgan fingerprint density at radius 1 is 1.20 bits per heavy atom. The molecular formula is C18H19N5O2. The second-order valence-corrected chi connectivity index (χ2v) is 6.31. The van der Waals surface area contributed by atoms with Gasteiger partial charge in [-0.2, -0.15) is 10.1 Å². The summed E-state index contributed by atoms with van der Waals surface area (Å²) >= 11 is 0. The lowest BCUT2D eigenvalue weighted by Gasteiger charge is -2.16. The van der Waals surface area contributed by atoms with Crippen LogP contribution in [0.25, 0.3) is 0 Å². The van der Waals surface area contributed by atoms with Crippen LogP contribution in [0.3, 0.4) is 0 Å². The van der Waals surface area contributed by atoms with E-state index in [0.29, 0.717) is 24.8 Å². The fraction of sp³-hybridized carbons (Fsp3) is 0.333. The Morgan fingerprint density at radius 3 is 2.68 bits per heavy atom. The van der Waals surface area contributed by atoms with Crippen molar-refractivity contribution in [2.24, 2.45) is 0 Å². The summed E-state index contributed by atoms with van der Waals surface area (Å²) in [7, 11) is 0. The SMILES string of the molecule is Cc1noc(C2CN(C(=O)Cn3cccn3)CC2c2ccccc2)n1. The molecule has 0 bridgehead atoms. The van der Waals surface area contributed by atoms with Crippen molar-refractivity contribution in [1.82, 2.24) is 24.8 Å². The van der Waals surface area contributed by atoms with Crippen LogP contribution in [-0.4, -0.2) is 43.8 Å². The number of benzene rings is 1. The largest absolute Gasteiger partial charge is 0.340 e. The molecule has 1 aromatic carbocycles. The molecule has 0 aliphatic carbocycles. The number of hydrogen-bond donors (Lipinski definition) is 0. The van der Waals surface area contributed by atoms with Crippen LogP contribution in [0.15, 0.2) is 53.3 Å². The normalized spacial score (nSPS) is 20.1. The van der Waals surface area contributed by atoms with Crippen molar-refractivity contribution in [2.45, 2.75) is 25.3 Å². The first kappa shape index (κ1) is 15.6. The number of likely N-dealkylation sites (tertiary alicyclic amines) is 1. The molecule has 1 aliphatic rings. The topological polar surface area (TPSA) is 77.0 Å². The molecule has 1 fully saturated rings. The third kappa shape index (κ3) is 3.17. The first-order valence-corrected chi connectivity index (χ1v) is 8.31. The van der Waals surface area contributed by atoms with Gasteiger partial charge in [-0.15, -0.1) is 0 Å². The van der Waals surface area contributed by atoms with E-state index >= 15 is 0 Å². The minimum atomic E-state index is 0.00479. The summed E-state index contributed by atoms with van der Waals surface area (Å²) < 4.78 is 7.06. The minimum absolute atomic E-state index is 0.00479. The highest BCUT2D eigenvalue weighted by Crippen LogP contribution is 2.39. The molecular weight excluding hydrogens is 318 g/mol. The third-order valence-electron chi connectivity index (χ3n) is 4.62. The van der Waals surface area contributed by atoms with E-state index in [1.165, 1.54) is 5.56 Å². The molecule has 0 radical (unpaired) electrons. The average Bonchev–Trinajstić information content (AvgIpc) is 3.35. The van der Waals surface area contributed by atoms with Crippen molar-refractivity contribution in [3.05, 3.63) is 66.1 Å². The molecule has 4 rings (SSSR count). The number of rotatable bonds is 4. The van der Waals surface area contributed by atoms with Crippen molar-refractivity contribution in [3.8, 4) is 0 Å². The zero-order valence-electron chi connectivity index (χ0n) is 13.9. The summed E-state index contributed by atoms with van der Waals surface area (Å²) in [6, 6.07) is 12.0. The van der Waals surface area contributed by atoms with Gasteiger partial charge in [-0.05, 0) is 18.6 Å². The highest BCUT2D eigenvalue weighted by molar-refractivity contribution is 5.76. The second kappa shape index (κ2) is 6.51. The molecule has 2 aromatic heterocycles. The lowest BCUT2D eigenvalue weighted by atomic mass is 9.89. The Labute approximate surface area is 145 Å². The molecule has 3 aromatic rings. The van der Waals surface area contributed by atoms with E-state index in [-0.39, 0.29) is 24.3 Å². The molecule has 2 unspecified atom stereocenters. The number of amides is 1. The van der Waals surface area contributed by atoms with Gasteiger partial charge in [0, 0.05) is 31.4 Å². The van der Waals surface area contributed by atoms with E-state index < -0.39 is 0 Å². The minimum Gasteiger partial charge on any atom is -0.340 e. The predicted octanol–water partition coefficient (Wildman–Crippen LogP) is 1.98. The van der Waals surface area contributed by atoms with Gasteiger partial charge in [-0.1, -0.05) is 35.5 Å². The van der Waals surface area contributed by atoms with Gasteiger partial charge >= 0.3 is 0 Å². The van der Waals surface area contributed by atoms with E-state index in [0.717, 1.165) is 0 Å². The second-order valence-electron chi connectivity index (χ2n) is 6.31. The highest BCUT2D eigenvalue weighted by atomic mass is 16.5. The van der Waals surface area contributed by atoms with Gasteiger partial charge in [0.25, 0.3) is 0 Å². The first-order valence-electron chi connectivity index (χ1n) is 8.31. The maximum Gasteiger partial charge on any atom is 0.244 e. The van der Waals surface area contributed by atoms with Crippen LogP contribution in [0, 0.1) is 6.92 Å². The molecule has 3 heterocycles. The van der Waals surface area contributed by atoms with Gasteiger partial charge in [-0.25, -0.2) is 0 Å². The molecule has 0 saturated carbocycles. The van der Waals surface area contributed by atoms with Crippen LogP contribution >= 0.6 is 0 Å². The number of carbonyl (C=O) groups is 1. The molecule has 2 atom stereocenters. The van der Waals surface area contributed by atoms with Gasteiger partial charge in [0.05, 0.1) is 5.92 Å². The Kier molecular flexibility index (Phi) is 4.05. The lowest BCUT2D eigenvalue weighted by Crippen LogP contribution is -2.32. The van der Waals surface area contributed by atoms with Crippen LogP contribution in [0.5, 0.6) is 0 Å². The molecule has 128 valence electrons. The van der Waals surface area contributed by atoms with Crippen LogP contribution in [-0.2, 0) is 11.3 Å². The summed E-state index contributed by atoms with van der Waals surface area (Å²) in [6.45, 7) is 3.25. The van der Waals surface area contributed by atoms with Gasteiger partial charge in [0.2, 0.25) is 11.8 Å². The zero-order chi connectivity index (χ0) is 17.2. The molecule has 1 saturated heterocycles. The van der Waals surface area contributed by atoms with E-state index in [1.807, 2.05) is 29.2 Å². The van der Waals surface area contributed by atoms with E-state index in [2.05, 4.69) is 27.4 Å². The average molecular weight is 337 g/mol. The fourth-order valence-corrected chi connectivity index (χ4v) is 3.39. The molecule has 7 heteroatoms. The van der Waals surface area contributed by atoms with Crippen molar-refractivity contribution in [3.63, 3.8) is 0 Å². The molecule has 1 amide bonds. The Balaban J connectivity index is 1.59. The standard InChI is InChI=1S/C18H19N5O2/c1-13-20-18(25-21-13)16-11-22(17(24)12-23-9-5-8-19-23)10-15(16)14-6-3-2-4-7-14/h2-9,15-16H,10-12H2,1H3. The van der Waals surface area contributed by atoms with Crippen LogP contribution in [0.4, 0.5) is 0 Å². The lowest BCUT2D eigenvalue weighted by molar-refractivity contribution is -0.131. The number of hydrogen-bond acceptors (Lipinski definition) is 5. The quantitative estimate of drug-likeness (QED) is 0.727. The first-order chi connectivity index (χ1) is 12.2. The Bertz CT molecular complexity index is 844. The smallest absolute Gasteiger partial charge is 0.244 e. The Hall–Kier alpha value is -2.96. The molecule has 0 N–H and O–H groups in total. The van der Waals surface area contributed by atoms with Crippen molar-refractivity contribution < 1.29 is 9.32 Å². The van der Waals surface area contributed by atoms with Gasteiger partial charge in [-0.3, -0.25) is 9.48 Å². The monoisotopic (exact) mass is 337 g/mol. The summed E-state index contributed by atoms with van der Waals surface area (Å²) in [5.74, 6) is 1.40. The van der Waals surface area contributed by atoms with E-state index in [1.54, 1.807) is 24.0 Å². The third-order valence-corrected chi connectivity index (χ3v) is 4.62. The number of aryl methyl sites for hydroxylation is 1. The maximum atomic E-state index is 12.7. The predicted molar refractivity (Wildman–Crippen MR) is 89.8 cm³/mol. The molecule has 1 aliphatic heterocycles. The maximum absolute atomic E-state index is 12.7. The van der Waals surface area contributed by atoms with Gasteiger partial charge in [0.15, 0.2) is 5.82 Å². The number of carbonyl (C=O) groups excluding carboxylic acids is 1. The van der Waals surface area contributed by atoms with Crippen LogP contribution < -0.4 is 0 Å². The van der Waals surface area contributed by atoms with Crippen LogP contribution in [0.2, 0.25) is 0 Å². The van der Waals surface area contributed by atoms with Crippen LogP contribution in [0.1, 0.15) is 29.1 Å². The van der Waals surface area contributed by atoms with Crippen molar-refractivity contribution in [2.75, 3.05) is 13.1 Å². The zero-order valence-corrected chi connectivity index (χ0v) is 13.9. The van der Waals surface area contributed by atoms with Gasteiger partial charge in [0.1, 0.15) is 6.54 Å². The summed E-state index contributed by atoms with van der Waals surface area (Å²) in [5, 5.41) is 8.03. The summed E-state index contributed by atoms with van der Waals surface area (Å²) in [4.78, 5) is 18.9. The molecule has 0 spiro atoms. The number of nitrogens with zero attached hydrogens (tertiary/aromatic N) is 5. The van der Waals surface area contributed by atoms with Gasteiger partial charge < -0.3 is 9.42 Å². The summed E-state index contributed by atoms with van der Waals surface area (Å²) in [5.41, 5.74) is 1.18. The fourth-order valence-electron chi connectivity index (χ4n) is 3.39. The molecule has 7 nitrogen and oxygen atoms in total. The highest BCUT2D eigenvalue weighted by Gasteiger charge is 2.40. The van der Waals surface area contributed by atoms with E-state index in [9.17, 15) is 4.79 Å². The number of aromatic nitrogens is 4. The van der Waals surface area contributed by atoms with Crippen molar-refractivity contribution >= 4 is 5.91 Å². The molecule has 25 heavy (non-hydrogen) atoms. The summed E-state index contributed by atoms with van der Waals surface area (Å²) in [6.07, 6.45) is 3.47. The van der Waals surface area contributed by atoms with Crippen molar-refractivity contribution in [1.29, 1.82) is 0 Å². The Morgan fingerprint density at radius 2 is 2.00 bits per heavy atom.